The lowest BCUT2D eigenvalue weighted by molar-refractivity contribution is 0.946. The SMILES string of the molecule is Cn1cnc2cc(-n3cnc4cc(-c5ccc(Cl)cc5)sc4c3=O)ccc21. The molecule has 7 heteroatoms. The van der Waals surface area contributed by atoms with Crippen molar-refractivity contribution in [3.63, 3.8) is 0 Å². The van der Waals surface area contributed by atoms with Gasteiger partial charge < -0.3 is 4.57 Å². The quantitative estimate of drug-likeness (QED) is 0.439. The molecular weight excluding hydrogens is 380 g/mol. The van der Waals surface area contributed by atoms with Gasteiger partial charge in [0.25, 0.3) is 5.56 Å². The van der Waals surface area contributed by atoms with Crippen molar-refractivity contribution in [2.24, 2.45) is 7.05 Å². The first-order chi connectivity index (χ1) is 13.1. The average molecular weight is 393 g/mol. The number of fused-ring (bicyclic) bond motifs is 2. The molecule has 0 fully saturated rings. The molecular formula is C20H13ClN4OS. The van der Waals surface area contributed by atoms with E-state index >= 15 is 0 Å². The Bertz CT molecular complexity index is 1360. The number of hydrogen-bond acceptors (Lipinski definition) is 4. The van der Waals surface area contributed by atoms with Crippen molar-refractivity contribution < 1.29 is 0 Å². The summed E-state index contributed by atoms with van der Waals surface area (Å²) in [7, 11) is 1.94. The summed E-state index contributed by atoms with van der Waals surface area (Å²) in [5.74, 6) is 0. The Balaban J connectivity index is 1.66. The second kappa shape index (κ2) is 6.04. The number of aryl methyl sites for hydroxylation is 1. The van der Waals surface area contributed by atoms with Gasteiger partial charge >= 0.3 is 0 Å². The van der Waals surface area contributed by atoms with Gasteiger partial charge in [-0.1, -0.05) is 23.7 Å². The molecule has 0 aliphatic heterocycles. The van der Waals surface area contributed by atoms with Gasteiger partial charge in [0, 0.05) is 16.9 Å². The smallest absolute Gasteiger partial charge is 0.275 e. The van der Waals surface area contributed by atoms with Gasteiger partial charge in [-0.2, -0.15) is 0 Å². The van der Waals surface area contributed by atoms with Gasteiger partial charge in [0.1, 0.15) is 11.0 Å². The van der Waals surface area contributed by atoms with E-state index in [1.165, 1.54) is 11.3 Å². The molecule has 0 N–H and O–H groups in total. The summed E-state index contributed by atoms with van der Waals surface area (Å²) in [6.07, 6.45) is 3.34. The molecule has 5 aromatic rings. The minimum Gasteiger partial charge on any atom is -0.334 e. The number of nitrogens with zero attached hydrogens (tertiary/aromatic N) is 4. The van der Waals surface area contributed by atoms with E-state index in [1.807, 2.05) is 60.1 Å². The monoisotopic (exact) mass is 392 g/mol. The van der Waals surface area contributed by atoms with Gasteiger partial charge in [-0.3, -0.25) is 9.36 Å². The van der Waals surface area contributed by atoms with Crippen LogP contribution in [-0.2, 0) is 7.05 Å². The molecule has 0 bridgehead atoms. The normalized spacial score (nSPS) is 11.5. The molecule has 0 spiro atoms. The highest BCUT2D eigenvalue weighted by Crippen LogP contribution is 2.31. The van der Waals surface area contributed by atoms with Crippen molar-refractivity contribution in [3.05, 3.63) is 76.6 Å². The zero-order valence-corrected chi connectivity index (χ0v) is 15.8. The Morgan fingerprint density at radius 2 is 1.74 bits per heavy atom. The third kappa shape index (κ3) is 2.65. The Morgan fingerprint density at radius 1 is 0.963 bits per heavy atom. The lowest BCUT2D eigenvalue weighted by atomic mass is 10.2. The van der Waals surface area contributed by atoms with Crippen LogP contribution in [0.2, 0.25) is 5.02 Å². The van der Waals surface area contributed by atoms with Crippen LogP contribution in [0.4, 0.5) is 0 Å². The molecule has 0 aliphatic rings. The van der Waals surface area contributed by atoms with Crippen LogP contribution in [0.3, 0.4) is 0 Å². The molecule has 0 saturated heterocycles. The lowest BCUT2D eigenvalue weighted by Gasteiger charge is -2.05. The minimum absolute atomic E-state index is 0.0829. The van der Waals surface area contributed by atoms with Gasteiger partial charge in [-0.15, -0.1) is 11.3 Å². The highest BCUT2D eigenvalue weighted by molar-refractivity contribution is 7.22. The maximum Gasteiger partial charge on any atom is 0.275 e. The van der Waals surface area contributed by atoms with Crippen LogP contribution >= 0.6 is 22.9 Å². The fraction of sp³-hybridized carbons (Fsp3) is 0.0500. The highest BCUT2D eigenvalue weighted by atomic mass is 35.5. The van der Waals surface area contributed by atoms with E-state index in [1.54, 1.807) is 17.2 Å². The van der Waals surface area contributed by atoms with Crippen molar-refractivity contribution in [2.75, 3.05) is 0 Å². The third-order valence-corrected chi connectivity index (χ3v) is 5.97. The van der Waals surface area contributed by atoms with E-state index < -0.39 is 0 Å². The molecule has 132 valence electrons. The molecule has 0 amide bonds. The molecule has 5 nitrogen and oxygen atoms in total. The average Bonchev–Trinajstić information content (AvgIpc) is 3.27. The van der Waals surface area contributed by atoms with Crippen LogP contribution in [0.5, 0.6) is 0 Å². The van der Waals surface area contributed by atoms with Crippen LogP contribution in [0.25, 0.3) is 37.4 Å². The summed E-state index contributed by atoms with van der Waals surface area (Å²) in [6.45, 7) is 0. The first-order valence-corrected chi connectivity index (χ1v) is 9.48. The van der Waals surface area contributed by atoms with Crippen LogP contribution in [-0.4, -0.2) is 19.1 Å². The molecule has 27 heavy (non-hydrogen) atoms. The predicted octanol–water partition coefficient (Wildman–Crippen LogP) is 4.65. The fourth-order valence-electron chi connectivity index (χ4n) is 3.13. The van der Waals surface area contributed by atoms with Crippen molar-refractivity contribution in [3.8, 4) is 16.1 Å². The van der Waals surface area contributed by atoms with E-state index in [0.29, 0.717) is 15.2 Å². The predicted molar refractivity (Wildman–Crippen MR) is 110 cm³/mol. The number of rotatable bonds is 2. The van der Waals surface area contributed by atoms with Gasteiger partial charge in [-0.05, 0) is 42.0 Å². The molecule has 3 heterocycles. The van der Waals surface area contributed by atoms with E-state index in [-0.39, 0.29) is 5.56 Å². The van der Waals surface area contributed by atoms with Crippen molar-refractivity contribution in [2.45, 2.75) is 0 Å². The van der Waals surface area contributed by atoms with E-state index in [0.717, 1.165) is 27.2 Å². The first-order valence-electron chi connectivity index (χ1n) is 8.29. The Morgan fingerprint density at radius 3 is 2.56 bits per heavy atom. The van der Waals surface area contributed by atoms with E-state index in [9.17, 15) is 4.79 Å². The van der Waals surface area contributed by atoms with Crippen LogP contribution in [0, 0.1) is 0 Å². The highest BCUT2D eigenvalue weighted by Gasteiger charge is 2.12. The maximum atomic E-state index is 13.1. The summed E-state index contributed by atoms with van der Waals surface area (Å²) in [6, 6.07) is 15.3. The molecule has 0 atom stereocenters. The third-order valence-electron chi connectivity index (χ3n) is 4.55. The topological polar surface area (TPSA) is 52.7 Å². The fourth-order valence-corrected chi connectivity index (χ4v) is 4.30. The number of halogens is 1. The number of hydrogen-bond donors (Lipinski definition) is 0. The number of thiophene rings is 1. The Hall–Kier alpha value is -2.96. The second-order valence-electron chi connectivity index (χ2n) is 6.28. The molecule has 0 saturated carbocycles. The van der Waals surface area contributed by atoms with Gasteiger partial charge in [0.05, 0.1) is 28.6 Å². The van der Waals surface area contributed by atoms with Crippen molar-refractivity contribution >= 4 is 44.2 Å². The van der Waals surface area contributed by atoms with Gasteiger partial charge in [-0.25, -0.2) is 9.97 Å². The summed E-state index contributed by atoms with van der Waals surface area (Å²) in [4.78, 5) is 22.9. The molecule has 0 radical (unpaired) electrons. The number of benzene rings is 2. The summed E-state index contributed by atoms with van der Waals surface area (Å²) >= 11 is 7.41. The lowest BCUT2D eigenvalue weighted by Crippen LogP contribution is -2.17. The number of imidazole rings is 1. The standard InChI is InChI=1S/C20H13ClN4OS/c1-24-10-22-15-8-14(6-7-17(15)24)25-11-23-16-9-18(27-19(16)20(25)26)12-2-4-13(21)5-3-12/h2-11H,1H3. The second-order valence-corrected chi connectivity index (χ2v) is 7.77. The van der Waals surface area contributed by atoms with Crippen molar-refractivity contribution in [1.82, 2.24) is 19.1 Å². The Labute approximate surface area is 163 Å². The minimum atomic E-state index is -0.0829. The van der Waals surface area contributed by atoms with Crippen LogP contribution in [0.1, 0.15) is 0 Å². The summed E-state index contributed by atoms with van der Waals surface area (Å²) in [5.41, 5.74) is 4.24. The van der Waals surface area contributed by atoms with Crippen LogP contribution < -0.4 is 5.56 Å². The largest absolute Gasteiger partial charge is 0.334 e. The first kappa shape index (κ1) is 16.2. The molecule has 3 aromatic heterocycles. The van der Waals surface area contributed by atoms with E-state index in [4.69, 9.17) is 11.6 Å². The van der Waals surface area contributed by atoms with Crippen molar-refractivity contribution in [1.29, 1.82) is 0 Å². The number of aromatic nitrogens is 4. The molecule has 0 unspecified atom stereocenters. The molecule has 0 aliphatic carbocycles. The summed E-state index contributed by atoms with van der Waals surface area (Å²) in [5, 5.41) is 0.685. The van der Waals surface area contributed by atoms with Gasteiger partial charge in [0.15, 0.2) is 0 Å². The maximum absolute atomic E-state index is 13.1. The van der Waals surface area contributed by atoms with Gasteiger partial charge in [0.2, 0.25) is 0 Å². The van der Waals surface area contributed by atoms with Crippen LogP contribution in [0.15, 0.2) is 66.0 Å². The Kier molecular flexibility index (Phi) is 3.63. The van der Waals surface area contributed by atoms with E-state index in [2.05, 4.69) is 9.97 Å². The zero-order chi connectivity index (χ0) is 18.5. The summed E-state index contributed by atoms with van der Waals surface area (Å²) < 4.78 is 4.14. The zero-order valence-electron chi connectivity index (χ0n) is 14.3. The molecule has 5 rings (SSSR count). The molecule has 2 aromatic carbocycles.